The Labute approximate surface area is 182 Å². The van der Waals surface area contributed by atoms with Gasteiger partial charge < -0.3 is 4.74 Å². The summed E-state index contributed by atoms with van der Waals surface area (Å²) in [5.74, 6) is 0.111. The van der Waals surface area contributed by atoms with E-state index in [4.69, 9.17) is 16.3 Å². The highest BCUT2D eigenvalue weighted by atomic mass is 79.9. The lowest BCUT2D eigenvalue weighted by Gasteiger charge is -2.11. The number of nitrogens with one attached hydrogen (secondary N) is 1. The Hall–Kier alpha value is -2.65. The number of pyridine rings is 1. The van der Waals surface area contributed by atoms with Crippen molar-refractivity contribution in [2.75, 3.05) is 5.43 Å². The number of hydrogen-bond donors (Lipinski definition) is 1. The van der Waals surface area contributed by atoms with Gasteiger partial charge in [-0.25, -0.2) is 9.37 Å². The smallest absolute Gasteiger partial charge is 0.417 e. The molecule has 1 aromatic heterocycles. The van der Waals surface area contributed by atoms with Crippen molar-refractivity contribution in [1.29, 1.82) is 0 Å². The third-order valence-corrected chi connectivity index (χ3v) is 4.70. The van der Waals surface area contributed by atoms with Crippen molar-refractivity contribution in [3.63, 3.8) is 0 Å². The second-order valence-corrected chi connectivity index (χ2v) is 7.26. The number of benzene rings is 2. The summed E-state index contributed by atoms with van der Waals surface area (Å²) in [4.78, 5) is 3.65. The molecule has 0 aliphatic heterocycles. The number of anilines is 1. The molecule has 0 amide bonds. The number of nitrogens with zero attached hydrogens (tertiary/aromatic N) is 2. The van der Waals surface area contributed by atoms with Crippen molar-refractivity contribution in [1.82, 2.24) is 4.98 Å². The van der Waals surface area contributed by atoms with E-state index in [9.17, 15) is 17.6 Å². The molecule has 0 unspecified atom stereocenters. The standard InChI is InChI=1S/C20H13BrClF4N3O/c21-15-7-12(9-28-29-18-6-5-14(10-27-18)20(24,25)26)8-16(22)19(15)30-11-13-3-1-2-4-17(13)23/h1-10H,11H2,(H,27,29)/b28-9-. The molecule has 10 heteroatoms. The summed E-state index contributed by atoms with van der Waals surface area (Å²) in [6, 6.07) is 11.6. The van der Waals surface area contributed by atoms with E-state index in [1.165, 1.54) is 18.3 Å². The molecule has 0 spiro atoms. The van der Waals surface area contributed by atoms with Crippen LogP contribution in [-0.4, -0.2) is 11.2 Å². The second-order valence-electron chi connectivity index (χ2n) is 5.99. The van der Waals surface area contributed by atoms with Gasteiger partial charge in [-0.1, -0.05) is 29.8 Å². The molecule has 0 atom stereocenters. The Balaban J connectivity index is 1.65. The van der Waals surface area contributed by atoms with Gasteiger partial charge in [0.2, 0.25) is 0 Å². The van der Waals surface area contributed by atoms with Crippen LogP contribution in [0.2, 0.25) is 5.02 Å². The highest BCUT2D eigenvalue weighted by Crippen LogP contribution is 2.35. The van der Waals surface area contributed by atoms with E-state index in [1.54, 1.807) is 30.3 Å². The van der Waals surface area contributed by atoms with Gasteiger partial charge in [-0.3, -0.25) is 5.43 Å². The molecule has 0 fully saturated rings. The van der Waals surface area contributed by atoms with Crippen molar-refractivity contribution in [3.05, 3.63) is 86.7 Å². The van der Waals surface area contributed by atoms with Crippen LogP contribution in [0.15, 0.2) is 64.3 Å². The Kier molecular flexibility index (Phi) is 6.94. The number of halogens is 6. The van der Waals surface area contributed by atoms with Crippen LogP contribution in [-0.2, 0) is 12.8 Å². The molecule has 0 saturated carbocycles. The molecule has 4 nitrogen and oxygen atoms in total. The van der Waals surface area contributed by atoms with Crippen LogP contribution in [0.1, 0.15) is 16.7 Å². The van der Waals surface area contributed by atoms with Gasteiger partial charge in [-0.05, 0) is 51.8 Å². The van der Waals surface area contributed by atoms with E-state index in [1.807, 2.05) is 0 Å². The first-order valence-electron chi connectivity index (χ1n) is 8.41. The molecule has 3 rings (SSSR count). The normalized spacial score (nSPS) is 11.7. The van der Waals surface area contributed by atoms with Crippen LogP contribution in [0.3, 0.4) is 0 Å². The summed E-state index contributed by atoms with van der Waals surface area (Å²) < 4.78 is 57.5. The average molecular weight is 503 g/mol. The lowest BCUT2D eigenvalue weighted by Crippen LogP contribution is -2.05. The van der Waals surface area contributed by atoms with E-state index >= 15 is 0 Å². The summed E-state index contributed by atoms with van der Waals surface area (Å²) in [7, 11) is 0. The molecule has 30 heavy (non-hydrogen) atoms. The molecule has 1 N–H and O–H groups in total. The first-order chi connectivity index (χ1) is 14.2. The van der Waals surface area contributed by atoms with E-state index in [-0.39, 0.29) is 23.3 Å². The third kappa shape index (κ3) is 5.70. The highest BCUT2D eigenvalue weighted by molar-refractivity contribution is 9.10. The van der Waals surface area contributed by atoms with Crippen molar-refractivity contribution >= 4 is 39.6 Å². The quantitative estimate of drug-likeness (QED) is 0.232. The van der Waals surface area contributed by atoms with Crippen LogP contribution >= 0.6 is 27.5 Å². The Morgan fingerprint density at radius 1 is 1.17 bits per heavy atom. The highest BCUT2D eigenvalue weighted by Gasteiger charge is 2.30. The van der Waals surface area contributed by atoms with Gasteiger partial charge in [0.1, 0.15) is 18.2 Å². The minimum absolute atomic E-state index is 0.000421. The van der Waals surface area contributed by atoms with Crippen molar-refractivity contribution in [2.24, 2.45) is 5.10 Å². The van der Waals surface area contributed by atoms with Gasteiger partial charge in [0.05, 0.1) is 21.3 Å². The SMILES string of the molecule is Fc1ccccc1COc1c(Cl)cc(/C=N\Nc2ccc(C(F)(F)F)cn2)cc1Br. The maximum absolute atomic E-state index is 13.7. The van der Waals surface area contributed by atoms with E-state index in [0.29, 0.717) is 27.5 Å². The lowest BCUT2D eigenvalue weighted by molar-refractivity contribution is -0.137. The van der Waals surface area contributed by atoms with Crippen molar-refractivity contribution in [2.45, 2.75) is 12.8 Å². The number of rotatable bonds is 6. The van der Waals surface area contributed by atoms with Gasteiger partial charge in [0.25, 0.3) is 0 Å². The Morgan fingerprint density at radius 2 is 1.93 bits per heavy atom. The third-order valence-electron chi connectivity index (χ3n) is 3.83. The molecule has 156 valence electrons. The summed E-state index contributed by atoms with van der Waals surface area (Å²) in [5.41, 5.74) is 2.67. The lowest BCUT2D eigenvalue weighted by atomic mass is 10.2. The zero-order valence-corrected chi connectivity index (χ0v) is 17.4. The molecule has 1 heterocycles. The first kappa shape index (κ1) is 22.0. The number of hydrogen-bond acceptors (Lipinski definition) is 4. The zero-order valence-electron chi connectivity index (χ0n) is 15.1. The van der Waals surface area contributed by atoms with Gasteiger partial charge in [-0.15, -0.1) is 0 Å². The van der Waals surface area contributed by atoms with E-state index in [0.717, 1.165) is 6.07 Å². The molecular weight excluding hydrogens is 490 g/mol. The van der Waals surface area contributed by atoms with Gasteiger partial charge >= 0.3 is 6.18 Å². The predicted molar refractivity (Wildman–Crippen MR) is 110 cm³/mol. The monoisotopic (exact) mass is 501 g/mol. The fraction of sp³-hybridized carbons (Fsp3) is 0.100. The van der Waals surface area contributed by atoms with Crippen LogP contribution in [0.25, 0.3) is 0 Å². The van der Waals surface area contributed by atoms with Crippen molar-refractivity contribution in [3.8, 4) is 5.75 Å². The Morgan fingerprint density at radius 3 is 2.57 bits per heavy atom. The summed E-state index contributed by atoms with van der Waals surface area (Å²) in [6.45, 7) is -0.000421. The van der Waals surface area contributed by atoms with E-state index < -0.39 is 11.7 Å². The molecule has 0 radical (unpaired) electrons. The molecule has 0 aliphatic rings. The minimum Gasteiger partial charge on any atom is -0.486 e. The molecule has 0 aliphatic carbocycles. The van der Waals surface area contributed by atoms with Crippen LogP contribution in [0.4, 0.5) is 23.4 Å². The molecular formula is C20H13BrClF4N3O. The van der Waals surface area contributed by atoms with Crippen LogP contribution < -0.4 is 10.2 Å². The van der Waals surface area contributed by atoms with Gasteiger partial charge in [-0.2, -0.15) is 18.3 Å². The maximum atomic E-state index is 13.7. The topological polar surface area (TPSA) is 46.5 Å². The maximum Gasteiger partial charge on any atom is 0.417 e. The number of ether oxygens (including phenoxy) is 1. The van der Waals surface area contributed by atoms with Gasteiger partial charge in [0.15, 0.2) is 5.75 Å². The number of alkyl halides is 3. The Bertz CT molecular complexity index is 1040. The fourth-order valence-corrected chi connectivity index (χ4v) is 3.35. The van der Waals surface area contributed by atoms with Crippen LogP contribution in [0, 0.1) is 5.82 Å². The largest absolute Gasteiger partial charge is 0.486 e. The zero-order chi connectivity index (χ0) is 21.7. The average Bonchev–Trinajstić information content (AvgIpc) is 2.68. The molecule has 2 aromatic carbocycles. The second kappa shape index (κ2) is 9.44. The minimum atomic E-state index is -4.45. The summed E-state index contributed by atoms with van der Waals surface area (Å²) in [5, 5.41) is 4.21. The molecule has 0 saturated heterocycles. The predicted octanol–water partition coefficient (Wildman–Crippen LogP) is 6.68. The van der Waals surface area contributed by atoms with E-state index in [2.05, 4.69) is 31.4 Å². The number of aromatic nitrogens is 1. The van der Waals surface area contributed by atoms with Crippen molar-refractivity contribution < 1.29 is 22.3 Å². The first-order valence-corrected chi connectivity index (χ1v) is 9.58. The van der Waals surface area contributed by atoms with Crippen LogP contribution in [0.5, 0.6) is 5.75 Å². The fourth-order valence-electron chi connectivity index (χ4n) is 2.36. The molecule has 3 aromatic rings. The van der Waals surface area contributed by atoms with Gasteiger partial charge in [0, 0.05) is 11.8 Å². The summed E-state index contributed by atoms with van der Waals surface area (Å²) >= 11 is 9.60. The number of hydrazone groups is 1. The summed E-state index contributed by atoms with van der Waals surface area (Å²) in [6.07, 6.45) is -2.32. The molecule has 0 bridgehead atoms.